The number of aromatic nitrogens is 1. The maximum atomic E-state index is 13.4. The van der Waals surface area contributed by atoms with Crippen LogP contribution in [-0.4, -0.2) is 19.7 Å². The summed E-state index contributed by atoms with van der Waals surface area (Å²) in [5, 5.41) is 0. The smallest absolute Gasteiger partial charge is 0.209 e. The Hall–Kier alpha value is -2.83. The molecule has 3 aromatic rings. The summed E-state index contributed by atoms with van der Waals surface area (Å²) in [5.74, 6) is -0.292. The Bertz CT molecular complexity index is 1170. The molecule has 1 heterocycles. The van der Waals surface area contributed by atoms with Crippen LogP contribution in [0.3, 0.4) is 0 Å². The number of nitrogens with zero attached hydrogens (tertiary/aromatic N) is 1. The van der Waals surface area contributed by atoms with Crippen LogP contribution in [0.2, 0.25) is 0 Å². The zero-order chi connectivity index (χ0) is 20.5. The zero-order valence-corrected chi connectivity index (χ0v) is 16.8. The van der Waals surface area contributed by atoms with Crippen molar-refractivity contribution < 1.29 is 12.8 Å². The quantitative estimate of drug-likeness (QED) is 0.685. The minimum absolute atomic E-state index is 0.292. The molecule has 0 bridgehead atoms. The lowest BCUT2D eigenvalue weighted by molar-refractivity contribution is 0.482. The molecule has 0 amide bonds. The molecule has 6 heteroatoms. The number of rotatable bonds is 5. The second-order valence-electron chi connectivity index (χ2n) is 7.32. The lowest BCUT2D eigenvalue weighted by atomic mass is 9.92. The van der Waals surface area contributed by atoms with Crippen LogP contribution in [0, 0.1) is 5.82 Å². The van der Waals surface area contributed by atoms with Crippen molar-refractivity contribution >= 4 is 16.1 Å². The highest BCUT2D eigenvalue weighted by Gasteiger charge is 2.38. The van der Waals surface area contributed by atoms with Crippen molar-refractivity contribution in [1.82, 2.24) is 9.71 Å². The van der Waals surface area contributed by atoms with E-state index >= 15 is 0 Å². The second kappa shape index (κ2) is 7.54. The van der Waals surface area contributed by atoms with Gasteiger partial charge in [0.05, 0.1) is 17.5 Å². The monoisotopic (exact) mass is 408 g/mol. The highest BCUT2D eigenvalue weighted by molar-refractivity contribution is 7.88. The van der Waals surface area contributed by atoms with E-state index < -0.39 is 15.6 Å². The summed E-state index contributed by atoms with van der Waals surface area (Å²) in [5.41, 5.74) is 3.60. The Balaban J connectivity index is 1.65. The Morgan fingerprint density at radius 2 is 1.90 bits per heavy atom. The Labute approximate surface area is 170 Å². The maximum Gasteiger partial charge on any atom is 0.209 e. The lowest BCUT2D eigenvalue weighted by Gasteiger charge is -2.27. The van der Waals surface area contributed by atoms with Crippen LogP contribution in [-0.2, 0) is 22.0 Å². The molecule has 0 saturated carbocycles. The van der Waals surface area contributed by atoms with Crippen LogP contribution >= 0.6 is 0 Å². The van der Waals surface area contributed by atoms with E-state index in [1.807, 2.05) is 54.6 Å². The number of hydrogen-bond donors (Lipinski definition) is 1. The molecule has 29 heavy (non-hydrogen) atoms. The summed E-state index contributed by atoms with van der Waals surface area (Å²) in [7, 11) is -3.42. The molecule has 4 rings (SSSR count). The van der Waals surface area contributed by atoms with Crippen LogP contribution in [0.15, 0.2) is 72.9 Å². The minimum Gasteiger partial charge on any atom is -0.256 e. The molecule has 1 aliphatic carbocycles. The fourth-order valence-corrected chi connectivity index (χ4v) is 4.80. The average Bonchev–Trinajstić information content (AvgIpc) is 3.04. The third kappa shape index (κ3) is 4.28. The van der Waals surface area contributed by atoms with Gasteiger partial charge in [-0.05, 0) is 53.8 Å². The number of hydrogen-bond acceptors (Lipinski definition) is 3. The van der Waals surface area contributed by atoms with Crippen LogP contribution in [0.4, 0.5) is 4.39 Å². The van der Waals surface area contributed by atoms with Gasteiger partial charge in [0.15, 0.2) is 0 Å². The molecular formula is C23H21FN2O2S. The van der Waals surface area contributed by atoms with E-state index in [0.717, 1.165) is 28.7 Å². The number of nitrogens with one attached hydrogen (secondary N) is 1. The van der Waals surface area contributed by atoms with Gasteiger partial charge in [-0.1, -0.05) is 48.5 Å². The van der Waals surface area contributed by atoms with E-state index in [1.165, 1.54) is 18.4 Å². The molecule has 148 valence electrons. The van der Waals surface area contributed by atoms with E-state index in [1.54, 1.807) is 12.3 Å². The van der Waals surface area contributed by atoms with Crippen molar-refractivity contribution in [2.75, 3.05) is 6.26 Å². The first kappa shape index (κ1) is 19.5. The van der Waals surface area contributed by atoms with Gasteiger partial charge in [-0.2, -0.15) is 0 Å². The second-order valence-corrected chi connectivity index (χ2v) is 9.07. The summed E-state index contributed by atoms with van der Waals surface area (Å²) in [6.07, 6.45) is 8.02. The van der Waals surface area contributed by atoms with Crippen molar-refractivity contribution in [1.29, 1.82) is 0 Å². The van der Waals surface area contributed by atoms with Crippen LogP contribution < -0.4 is 4.72 Å². The molecule has 1 unspecified atom stereocenters. The number of halogens is 1. The summed E-state index contributed by atoms with van der Waals surface area (Å²) in [4.78, 5) is 4.44. The fraction of sp³-hybridized carbons (Fsp3) is 0.174. The van der Waals surface area contributed by atoms with Crippen molar-refractivity contribution in [3.8, 4) is 11.1 Å². The lowest BCUT2D eigenvalue weighted by Crippen LogP contribution is -2.42. The topological polar surface area (TPSA) is 59.1 Å². The van der Waals surface area contributed by atoms with Gasteiger partial charge in [0, 0.05) is 11.8 Å². The molecule has 0 saturated heterocycles. The van der Waals surface area contributed by atoms with E-state index in [9.17, 15) is 12.8 Å². The molecule has 0 spiro atoms. The Morgan fingerprint density at radius 3 is 2.62 bits per heavy atom. The van der Waals surface area contributed by atoms with Crippen LogP contribution in [0.25, 0.3) is 17.2 Å². The summed E-state index contributed by atoms with van der Waals surface area (Å²) in [6, 6.07) is 18.0. The highest BCUT2D eigenvalue weighted by Crippen LogP contribution is 2.39. The van der Waals surface area contributed by atoms with Crippen LogP contribution in [0.5, 0.6) is 0 Å². The molecule has 2 aromatic carbocycles. The summed E-state index contributed by atoms with van der Waals surface area (Å²) >= 11 is 0. The Morgan fingerprint density at radius 1 is 1.07 bits per heavy atom. The number of benzene rings is 2. The summed E-state index contributed by atoms with van der Waals surface area (Å²) < 4.78 is 40.4. The van der Waals surface area contributed by atoms with E-state index in [0.29, 0.717) is 12.1 Å². The largest absolute Gasteiger partial charge is 0.256 e. The zero-order valence-electron chi connectivity index (χ0n) is 16.0. The molecule has 0 fully saturated rings. The predicted octanol–water partition coefficient (Wildman–Crippen LogP) is 4.29. The van der Waals surface area contributed by atoms with Gasteiger partial charge >= 0.3 is 0 Å². The van der Waals surface area contributed by atoms with E-state index in [2.05, 4.69) is 9.71 Å². The van der Waals surface area contributed by atoms with Crippen molar-refractivity contribution in [3.05, 3.63) is 95.6 Å². The van der Waals surface area contributed by atoms with Gasteiger partial charge < -0.3 is 0 Å². The molecule has 0 radical (unpaired) electrons. The number of aryl methyl sites for hydroxylation is 1. The van der Waals surface area contributed by atoms with E-state index in [4.69, 9.17) is 0 Å². The number of fused-ring (bicyclic) bond motifs is 1. The number of sulfonamides is 1. The molecule has 1 N–H and O–H groups in total. The fourth-order valence-electron chi connectivity index (χ4n) is 3.85. The highest BCUT2D eigenvalue weighted by atomic mass is 32.2. The van der Waals surface area contributed by atoms with Crippen molar-refractivity contribution in [2.45, 2.75) is 18.4 Å². The van der Waals surface area contributed by atoms with Crippen LogP contribution in [0.1, 0.15) is 23.2 Å². The molecule has 1 aromatic heterocycles. The molecule has 1 aliphatic rings. The number of pyridine rings is 1. The SMILES string of the molecule is CS(=O)(=O)NC1(/C=C/c2ccc(-c3cccc(F)c3)cn2)CCc2ccccc21. The maximum absolute atomic E-state index is 13.4. The molecule has 1 atom stereocenters. The third-order valence-corrected chi connectivity index (χ3v) is 5.87. The first-order valence-corrected chi connectivity index (χ1v) is 11.2. The van der Waals surface area contributed by atoms with Gasteiger partial charge in [-0.3, -0.25) is 4.98 Å². The third-order valence-electron chi connectivity index (χ3n) is 5.14. The first-order valence-electron chi connectivity index (χ1n) is 9.33. The van der Waals surface area contributed by atoms with Gasteiger partial charge in [-0.25, -0.2) is 17.5 Å². The van der Waals surface area contributed by atoms with Gasteiger partial charge in [0.1, 0.15) is 5.82 Å². The molecular weight excluding hydrogens is 387 g/mol. The van der Waals surface area contributed by atoms with Gasteiger partial charge in [0.2, 0.25) is 10.0 Å². The molecule has 0 aliphatic heterocycles. The van der Waals surface area contributed by atoms with E-state index in [-0.39, 0.29) is 5.82 Å². The normalized spacial score (nSPS) is 18.8. The average molecular weight is 408 g/mol. The van der Waals surface area contributed by atoms with Crippen molar-refractivity contribution in [3.63, 3.8) is 0 Å². The Kier molecular flexibility index (Phi) is 5.06. The molecule has 4 nitrogen and oxygen atoms in total. The van der Waals surface area contributed by atoms with Gasteiger partial charge in [-0.15, -0.1) is 0 Å². The first-order chi connectivity index (χ1) is 13.8. The minimum atomic E-state index is -3.42. The standard InChI is InChI=1S/C23H21FN2O2S/c1-29(27,28)26-23(13-11-17-5-2-3-8-22(17)23)14-12-21-10-9-19(16-25-21)18-6-4-7-20(24)15-18/h2-10,12,14-16,26H,11,13H2,1H3/b14-12+. The summed E-state index contributed by atoms with van der Waals surface area (Å²) in [6.45, 7) is 0. The van der Waals surface area contributed by atoms with Crippen molar-refractivity contribution in [2.24, 2.45) is 0 Å². The predicted molar refractivity (Wildman–Crippen MR) is 113 cm³/mol. The van der Waals surface area contributed by atoms with Gasteiger partial charge in [0.25, 0.3) is 0 Å².